The molecule has 0 aliphatic carbocycles. The molecule has 3 aromatic rings. The van der Waals surface area contributed by atoms with E-state index in [4.69, 9.17) is 0 Å². The summed E-state index contributed by atoms with van der Waals surface area (Å²) in [6.45, 7) is 4.06. The first-order valence-electron chi connectivity index (χ1n) is 8.45. The van der Waals surface area contributed by atoms with Gasteiger partial charge >= 0.3 is 0 Å². The number of carbonyl (C=O) groups is 1. The number of aryl methyl sites for hydroxylation is 2. The van der Waals surface area contributed by atoms with E-state index in [-0.39, 0.29) is 11.3 Å². The Balaban J connectivity index is 1.91. The average Bonchev–Trinajstić information content (AvgIpc) is 3.09. The summed E-state index contributed by atoms with van der Waals surface area (Å²) in [6, 6.07) is 17.9. The lowest BCUT2D eigenvalue weighted by atomic mass is 10.1. The van der Waals surface area contributed by atoms with E-state index in [0.29, 0.717) is 5.69 Å². The third kappa shape index (κ3) is 4.07. The topological polar surface area (TPSA) is 78.0 Å². The number of carbonyl (C=O) groups excluding carboxylic acids is 1. The van der Waals surface area contributed by atoms with Gasteiger partial charge < -0.3 is 15.0 Å². The van der Waals surface area contributed by atoms with Gasteiger partial charge in [0.2, 0.25) is 0 Å². The standard InChI is InChI=1S/C22H19N3O2/c1-15-5-10-21(16(2)12-15)25-11-3-4-19(25)13-17(14-23)22(27)24-18-6-8-20(26)9-7-18/h3-13,26H,1-2H3,(H,24,27). The van der Waals surface area contributed by atoms with Crippen LogP contribution in [-0.2, 0) is 4.79 Å². The number of anilines is 1. The van der Waals surface area contributed by atoms with Crippen molar-refractivity contribution in [2.45, 2.75) is 13.8 Å². The van der Waals surface area contributed by atoms with Crippen molar-refractivity contribution in [1.82, 2.24) is 4.57 Å². The van der Waals surface area contributed by atoms with Crippen LogP contribution in [0.4, 0.5) is 5.69 Å². The third-order valence-electron chi connectivity index (χ3n) is 4.17. The Morgan fingerprint density at radius 1 is 1.15 bits per heavy atom. The van der Waals surface area contributed by atoms with Gasteiger partial charge in [0.1, 0.15) is 17.4 Å². The van der Waals surface area contributed by atoms with Crippen LogP contribution < -0.4 is 5.32 Å². The molecule has 5 nitrogen and oxygen atoms in total. The maximum Gasteiger partial charge on any atom is 0.266 e. The SMILES string of the molecule is Cc1ccc(-n2cccc2C=C(C#N)C(=O)Nc2ccc(O)cc2)c(C)c1. The molecule has 0 spiro atoms. The van der Waals surface area contributed by atoms with Gasteiger partial charge in [0.05, 0.1) is 0 Å². The number of aromatic nitrogens is 1. The molecular weight excluding hydrogens is 338 g/mol. The number of rotatable bonds is 4. The van der Waals surface area contributed by atoms with Gasteiger partial charge in [-0.25, -0.2) is 0 Å². The monoisotopic (exact) mass is 357 g/mol. The molecule has 1 amide bonds. The smallest absolute Gasteiger partial charge is 0.266 e. The van der Waals surface area contributed by atoms with Crippen LogP contribution in [0.1, 0.15) is 16.8 Å². The third-order valence-corrected chi connectivity index (χ3v) is 4.17. The summed E-state index contributed by atoms with van der Waals surface area (Å²) in [4.78, 5) is 12.4. The first-order valence-corrected chi connectivity index (χ1v) is 8.45. The van der Waals surface area contributed by atoms with Crippen molar-refractivity contribution < 1.29 is 9.90 Å². The highest BCUT2D eigenvalue weighted by molar-refractivity contribution is 6.09. The van der Waals surface area contributed by atoms with E-state index in [9.17, 15) is 15.2 Å². The molecule has 0 saturated heterocycles. The van der Waals surface area contributed by atoms with Crippen LogP contribution in [0.15, 0.2) is 66.4 Å². The predicted octanol–water partition coefficient (Wildman–Crippen LogP) is 4.35. The highest BCUT2D eigenvalue weighted by atomic mass is 16.3. The lowest BCUT2D eigenvalue weighted by Gasteiger charge is -2.11. The van der Waals surface area contributed by atoms with Crippen LogP contribution >= 0.6 is 0 Å². The number of phenolic OH excluding ortho intramolecular Hbond substituents is 1. The molecule has 1 aromatic heterocycles. The molecule has 0 saturated carbocycles. The molecule has 27 heavy (non-hydrogen) atoms. The number of nitriles is 1. The number of amides is 1. The maximum atomic E-state index is 12.4. The van der Waals surface area contributed by atoms with Gasteiger partial charge in [0.15, 0.2) is 0 Å². The van der Waals surface area contributed by atoms with Gasteiger partial charge in [0.25, 0.3) is 5.91 Å². The van der Waals surface area contributed by atoms with Gasteiger partial charge in [-0.15, -0.1) is 0 Å². The zero-order valence-corrected chi connectivity index (χ0v) is 15.1. The minimum Gasteiger partial charge on any atom is -0.508 e. The fraction of sp³-hybridized carbons (Fsp3) is 0.0909. The molecule has 0 radical (unpaired) electrons. The molecule has 134 valence electrons. The molecule has 0 fully saturated rings. The average molecular weight is 357 g/mol. The largest absolute Gasteiger partial charge is 0.508 e. The quantitative estimate of drug-likeness (QED) is 0.414. The molecule has 2 aromatic carbocycles. The number of nitrogens with zero attached hydrogens (tertiary/aromatic N) is 2. The van der Waals surface area contributed by atoms with E-state index >= 15 is 0 Å². The molecule has 3 rings (SSSR count). The normalized spacial score (nSPS) is 11.1. The molecule has 0 atom stereocenters. The fourth-order valence-electron chi connectivity index (χ4n) is 2.85. The molecule has 0 unspecified atom stereocenters. The highest BCUT2D eigenvalue weighted by Crippen LogP contribution is 2.21. The summed E-state index contributed by atoms with van der Waals surface area (Å²) in [5.41, 5.74) is 4.50. The van der Waals surface area contributed by atoms with E-state index in [1.165, 1.54) is 17.7 Å². The van der Waals surface area contributed by atoms with E-state index in [2.05, 4.69) is 11.4 Å². The molecule has 5 heteroatoms. The summed E-state index contributed by atoms with van der Waals surface area (Å²) in [5.74, 6) is -0.396. The van der Waals surface area contributed by atoms with Crippen LogP contribution in [0.2, 0.25) is 0 Å². The zero-order valence-electron chi connectivity index (χ0n) is 15.1. The molecule has 1 heterocycles. The van der Waals surface area contributed by atoms with Crippen molar-refractivity contribution in [3.63, 3.8) is 0 Å². The second kappa shape index (κ2) is 7.63. The molecule has 2 N–H and O–H groups in total. The van der Waals surface area contributed by atoms with Crippen LogP contribution in [0.25, 0.3) is 11.8 Å². The van der Waals surface area contributed by atoms with Crippen LogP contribution in [0.5, 0.6) is 5.75 Å². The summed E-state index contributed by atoms with van der Waals surface area (Å²) in [6.07, 6.45) is 3.46. The molecule has 0 aliphatic heterocycles. The lowest BCUT2D eigenvalue weighted by molar-refractivity contribution is -0.112. The van der Waals surface area contributed by atoms with E-state index in [1.54, 1.807) is 18.2 Å². The van der Waals surface area contributed by atoms with Crippen molar-refractivity contribution in [3.8, 4) is 17.5 Å². The summed E-state index contributed by atoms with van der Waals surface area (Å²) < 4.78 is 1.94. The molecule has 0 aliphatic rings. The van der Waals surface area contributed by atoms with E-state index in [0.717, 1.165) is 16.9 Å². The maximum absolute atomic E-state index is 12.4. The first kappa shape index (κ1) is 18.0. The van der Waals surface area contributed by atoms with Gasteiger partial charge in [-0.05, 0) is 68.0 Å². The van der Waals surface area contributed by atoms with Gasteiger partial charge in [-0.2, -0.15) is 5.26 Å². The van der Waals surface area contributed by atoms with E-state index < -0.39 is 5.91 Å². The summed E-state index contributed by atoms with van der Waals surface area (Å²) in [7, 11) is 0. The van der Waals surface area contributed by atoms with Crippen LogP contribution in [0.3, 0.4) is 0 Å². The molecule has 0 bridgehead atoms. The van der Waals surface area contributed by atoms with Gasteiger partial charge in [-0.1, -0.05) is 17.7 Å². The van der Waals surface area contributed by atoms with Crippen molar-refractivity contribution >= 4 is 17.7 Å². The Labute approximate surface area is 157 Å². The van der Waals surface area contributed by atoms with Crippen molar-refractivity contribution in [2.24, 2.45) is 0 Å². The number of hydrogen-bond donors (Lipinski definition) is 2. The Kier molecular flexibility index (Phi) is 5.09. The number of benzene rings is 2. The minimum absolute atomic E-state index is 0.00668. The number of nitrogens with one attached hydrogen (secondary N) is 1. The highest BCUT2D eigenvalue weighted by Gasteiger charge is 2.12. The van der Waals surface area contributed by atoms with Crippen molar-refractivity contribution in [2.75, 3.05) is 5.32 Å². The Hall–Kier alpha value is -3.78. The number of phenols is 1. The second-order valence-electron chi connectivity index (χ2n) is 6.26. The predicted molar refractivity (Wildman–Crippen MR) is 106 cm³/mol. The Morgan fingerprint density at radius 2 is 1.89 bits per heavy atom. The lowest BCUT2D eigenvalue weighted by Crippen LogP contribution is -2.13. The van der Waals surface area contributed by atoms with Crippen molar-refractivity contribution in [3.05, 3.63) is 83.2 Å². The zero-order chi connectivity index (χ0) is 19.4. The van der Waals surface area contributed by atoms with Crippen molar-refractivity contribution in [1.29, 1.82) is 5.26 Å². The summed E-state index contributed by atoms with van der Waals surface area (Å²) >= 11 is 0. The second-order valence-corrected chi connectivity index (χ2v) is 6.26. The number of hydrogen-bond acceptors (Lipinski definition) is 3. The number of aromatic hydroxyl groups is 1. The molecular formula is C22H19N3O2. The Bertz CT molecular complexity index is 1050. The fourth-order valence-corrected chi connectivity index (χ4v) is 2.85. The van der Waals surface area contributed by atoms with Crippen LogP contribution in [-0.4, -0.2) is 15.6 Å². The summed E-state index contributed by atoms with van der Waals surface area (Å²) in [5, 5.41) is 21.4. The first-order chi connectivity index (χ1) is 13.0. The van der Waals surface area contributed by atoms with Gasteiger partial charge in [0, 0.05) is 23.3 Å². The van der Waals surface area contributed by atoms with E-state index in [1.807, 2.05) is 54.9 Å². The minimum atomic E-state index is -0.503. The Morgan fingerprint density at radius 3 is 2.56 bits per heavy atom. The van der Waals surface area contributed by atoms with Crippen LogP contribution in [0, 0.1) is 25.2 Å². The van der Waals surface area contributed by atoms with Gasteiger partial charge in [-0.3, -0.25) is 4.79 Å².